The number of hydrogen-bond donors (Lipinski definition) is 12. The van der Waals surface area contributed by atoms with E-state index in [2.05, 4.69) is 52.3 Å². The first kappa shape index (κ1) is 50.8. The molecule has 24 nitrogen and oxygen atoms in total. The first-order valence-corrected chi connectivity index (χ1v) is 25.4. The molecular weight excluding hydrogens is 965 g/mol. The summed E-state index contributed by atoms with van der Waals surface area (Å²) in [4.78, 5) is 105. The van der Waals surface area contributed by atoms with Crippen LogP contribution in [0.1, 0.15) is 73.6 Å². The van der Waals surface area contributed by atoms with Crippen LogP contribution in [0, 0.1) is 0 Å². The van der Waals surface area contributed by atoms with Crippen LogP contribution in [0.15, 0.2) is 24.3 Å². The number of carbonyl (C=O) groups excluding carboxylic acids is 8. The molecule has 398 valence electrons. The first-order valence-electron chi connectivity index (χ1n) is 25.4. The summed E-state index contributed by atoms with van der Waals surface area (Å²) in [6, 6.07) is 5.59. The molecule has 74 heavy (non-hydrogen) atoms. The number of likely N-dealkylation sites (N-methyl/N-ethyl adjacent to an activating group) is 2. The molecular formula is C50H64N10O14. The minimum absolute atomic E-state index is 0.0201. The van der Waals surface area contributed by atoms with Crippen LogP contribution in [0.2, 0.25) is 0 Å². The van der Waals surface area contributed by atoms with Crippen molar-refractivity contribution in [2.24, 2.45) is 0 Å². The normalized spacial score (nSPS) is 31.2. The van der Waals surface area contributed by atoms with Crippen molar-refractivity contribution >= 4 is 47.3 Å². The minimum Gasteiger partial charge on any atom is -0.504 e. The van der Waals surface area contributed by atoms with Gasteiger partial charge in [0.05, 0.1) is 73.4 Å². The van der Waals surface area contributed by atoms with Gasteiger partial charge in [0.2, 0.25) is 47.3 Å². The molecule has 4 bridgehead atoms. The molecule has 2 saturated carbocycles. The lowest BCUT2D eigenvalue weighted by molar-refractivity contribution is -0.187. The summed E-state index contributed by atoms with van der Waals surface area (Å²) >= 11 is 0. The van der Waals surface area contributed by atoms with E-state index in [0.29, 0.717) is 76.0 Å². The molecule has 4 aliphatic carbocycles. The van der Waals surface area contributed by atoms with Crippen LogP contribution < -0.4 is 52.0 Å². The van der Waals surface area contributed by atoms with E-state index in [4.69, 9.17) is 9.47 Å². The number of ether oxygens (including phenoxy) is 2. The third-order valence-corrected chi connectivity index (χ3v) is 17.4. The van der Waals surface area contributed by atoms with Gasteiger partial charge in [-0.1, -0.05) is 12.1 Å². The Labute approximate surface area is 425 Å². The third kappa shape index (κ3) is 8.29. The summed E-state index contributed by atoms with van der Waals surface area (Å²) in [6.07, 6.45) is 2.04. The van der Waals surface area contributed by atoms with Gasteiger partial charge in [0.1, 0.15) is 12.2 Å². The molecule has 0 unspecified atom stereocenters. The van der Waals surface area contributed by atoms with Crippen LogP contribution >= 0.6 is 0 Å². The number of amides is 8. The molecule has 0 radical (unpaired) electrons. The van der Waals surface area contributed by atoms with E-state index >= 15 is 0 Å². The topological polar surface area (TPSA) is 339 Å². The Morgan fingerprint density at radius 2 is 0.851 bits per heavy atom. The zero-order valence-corrected chi connectivity index (χ0v) is 41.3. The smallest absolute Gasteiger partial charge is 0.239 e. The summed E-state index contributed by atoms with van der Waals surface area (Å²) in [5, 5.41) is 66.3. The lowest BCUT2D eigenvalue weighted by Gasteiger charge is -2.63. The van der Waals surface area contributed by atoms with Crippen LogP contribution in [0.25, 0.3) is 0 Å². The van der Waals surface area contributed by atoms with Crippen molar-refractivity contribution in [3.8, 4) is 23.0 Å². The number of phenolic OH excluding ortho intramolecular Hbond substituents is 2. The Hall–Kier alpha value is -6.76. The lowest BCUT2D eigenvalue weighted by atomic mass is 9.48. The molecule has 8 aliphatic rings. The van der Waals surface area contributed by atoms with E-state index in [-0.39, 0.29) is 36.4 Å². The maximum absolute atomic E-state index is 13.1. The fourth-order valence-corrected chi connectivity index (χ4v) is 14.0. The van der Waals surface area contributed by atoms with Gasteiger partial charge >= 0.3 is 0 Å². The van der Waals surface area contributed by atoms with Crippen molar-refractivity contribution in [3.05, 3.63) is 46.5 Å². The van der Waals surface area contributed by atoms with Gasteiger partial charge in [-0.25, -0.2) is 0 Å². The molecule has 4 aliphatic heterocycles. The van der Waals surface area contributed by atoms with E-state index in [1.165, 1.54) is 0 Å². The lowest BCUT2D eigenvalue weighted by Crippen LogP contribution is -2.77. The van der Waals surface area contributed by atoms with Gasteiger partial charge in [-0.2, -0.15) is 0 Å². The predicted octanol–water partition coefficient (Wildman–Crippen LogP) is -4.19. The molecule has 10 atom stereocenters. The number of nitrogens with zero attached hydrogens (tertiary/aromatic N) is 2. The Bertz CT molecular complexity index is 2530. The number of likely N-dealkylation sites (tertiary alicyclic amines) is 2. The van der Waals surface area contributed by atoms with Gasteiger partial charge in [0.15, 0.2) is 23.0 Å². The zero-order chi connectivity index (χ0) is 52.5. The van der Waals surface area contributed by atoms with Gasteiger partial charge in [-0.05, 0) is 102 Å². The fraction of sp³-hybridized carbons (Fsp3) is 0.600. The van der Waals surface area contributed by atoms with Gasteiger partial charge in [-0.3, -0.25) is 38.4 Å². The number of carbonyl (C=O) groups is 8. The number of aliphatic hydroxyl groups is 2. The fourth-order valence-electron chi connectivity index (χ4n) is 14.0. The molecule has 2 aromatic rings. The van der Waals surface area contributed by atoms with Crippen molar-refractivity contribution in [3.63, 3.8) is 0 Å². The number of benzene rings is 2. The van der Waals surface area contributed by atoms with Gasteiger partial charge in [0, 0.05) is 36.1 Å². The summed E-state index contributed by atoms with van der Waals surface area (Å²) in [6.45, 7) is -1.41. The summed E-state index contributed by atoms with van der Waals surface area (Å²) in [5.41, 5.74) is -0.273. The largest absolute Gasteiger partial charge is 0.504 e. The maximum Gasteiger partial charge on any atom is 0.239 e. The van der Waals surface area contributed by atoms with E-state index in [1.54, 1.807) is 12.1 Å². The SMILES string of the molecule is CN1CC[C@]23c4c5ccc(O)c4O[C@H]2[C@@H](NC(=O)CNC(=O)CNC(=O)CNC(=O)CCC(=O)NCC(=O)NCC(=O)NCC(=O)N[C@H]2CC[C@@]4(O)[C@H]6Cc7ccc(O)c8c7[C@@]4(CCN6C)[C@H]2O8)CC[C@@]3(O)[C@H]1C5. The number of piperidine rings is 2. The van der Waals surface area contributed by atoms with Gasteiger partial charge in [-0.15, -0.1) is 0 Å². The molecule has 4 fully saturated rings. The second kappa shape index (κ2) is 19.2. The summed E-state index contributed by atoms with van der Waals surface area (Å²) < 4.78 is 12.8. The summed E-state index contributed by atoms with van der Waals surface area (Å²) in [7, 11) is 3.98. The van der Waals surface area contributed by atoms with Crippen LogP contribution in [-0.2, 0) is 62.0 Å². The van der Waals surface area contributed by atoms with Crippen molar-refractivity contribution in [1.82, 2.24) is 52.3 Å². The predicted molar refractivity (Wildman–Crippen MR) is 257 cm³/mol. The van der Waals surface area contributed by atoms with Crippen LogP contribution in [-0.4, -0.2) is 192 Å². The van der Waals surface area contributed by atoms with Crippen LogP contribution in [0.3, 0.4) is 0 Å². The van der Waals surface area contributed by atoms with Crippen molar-refractivity contribution in [2.75, 3.05) is 66.5 Å². The first-order chi connectivity index (χ1) is 35.3. The number of aromatic hydroxyl groups is 2. The number of phenols is 2. The second-order valence-corrected chi connectivity index (χ2v) is 21.3. The highest BCUT2D eigenvalue weighted by molar-refractivity contribution is 5.92. The average Bonchev–Trinajstić information content (AvgIpc) is 4.04. The van der Waals surface area contributed by atoms with E-state index < -0.39 is 133 Å². The average molecular weight is 1030 g/mol. The number of hydrogen-bond acceptors (Lipinski definition) is 16. The third-order valence-electron chi connectivity index (χ3n) is 17.4. The Kier molecular flexibility index (Phi) is 13.2. The highest BCUT2D eigenvalue weighted by Gasteiger charge is 2.74. The maximum atomic E-state index is 13.1. The zero-order valence-electron chi connectivity index (χ0n) is 41.3. The van der Waals surface area contributed by atoms with Crippen LogP contribution in [0.4, 0.5) is 0 Å². The van der Waals surface area contributed by atoms with Gasteiger partial charge < -0.3 is 82.2 Å². The molecule has 0 aromatic heterocycles. The molecule has 12 N–H and O–H groups in total. The van der Waals surface area contributed by atoms with Crippen molar-refractivity contribution in [2.45, 2.75) is 123 Å². The highest BCUT2D eigenvalue weighted by Crippen LogP contribution is 2.67. The monoisotopic (exact) mass is 1030 g/mol. The molecule has 24 heteroatoms. The highest BCUT2D eigenvalue weighted by atomic mass is 16.5. The second-order valence-electron chi connectivity index (χ2n) is 21.3. The van der Waals surface area contributed by atoms with E-state index in [0.717, 1.165) is 22.3 Å². The number of nitrogens with one attached hydrogen (secondary N) is 8. The minimum atomic E-state index is -1.13. The standard InChI is InChI=1S/C50H64N10O14/c1-59-15-13-47-41-25-3-5-29(61)43(41)73-45(47)27(9-11-49(47,71)31(59)17-25)57-39(69)23-55-37(67)21-53-35(65)19-51-33(63)7-8-34(64)52-20-36(66)54-22-38(68)56-24-40(70)58-28-10-12-50(72)32-18-26-4-6-30(62)44-42(26)48(50,46(28)74-44)14-16-60(32)2/h3-6,27-28,31-32,45-46,61-62,71-72H,7-24H2,1-2H3,(H,51,63)(H,52,64)(H,53,65)(H,54,66)(H,55,67)(H,56,68)(H,57,69)(H,58,70)/t27-,28-,31+,32+,45-,46-,47-,48-,49+,50+/m0/s1. The molecule has 10 rings (SSSR count). The Morgan fingerprint density at radius 1 is 0.514 bits per heavy atom. The van der Waals surface area contributed by atoms with Crippen molar-refractivity contribution in [1.29, 1.82) is 0 Å². The Balaban J connectivity index is 0.580. The molecule has 2 aromatic carbocycles. The van der Waals surface area contributed by atoms with Crippen LogP contribution in [0.5, 0.6) is 23.0 Å². The molecule has 2 saturated heterocycles. The van der Waals surface area contributed by atoms with E-state index in [9.17, 15) is 58.8 Å². The molecule has 4 heterocycles. The van der Waals surface area contributed by atoms with Gasteiger partial charge in [0.25, 0.3) is 0 Å². The van der Waals surface area contributed by atoms with Crippen molar-refractivity contribution < 1.29 is 68.3 Å². The molecule has 2 spiro atoms. The van der Waals surface area contributed by atoms with E-state index in [1.807, 2.05) is 26.2 Å². The molecule has 8 amide bonds. The number of rotatable bonds is 17. The summed E-state index contributed by atoms with van der Waals surface area (Å²) in [5.74, 6) is -4.43. The Morgan fingerprint density at radius 3 is 1.22 bits per heavy atom. The quantitative estimate of drug-likeness (QED) is 0.0715.